The first-order valence-electron chi connectivity index (χ1n) is 6.33. The Morgan fingerprint density at radius 3 is 2.00 bits per heavy atom. The summed E-state index contributed by atoms with van der Waals surface area (Å²) in [7, 11) is 0. The van der Waals surface area contributed by atoms with Crippen LogP contribution in [0.1, 0.15) is 53.4 Å². The minimum absolute atomic E-state index is 0.341. The van der Waals surface area contributed by atoms with Crippen molar-refractivity contribution < 1.29 is 0 Å². The number of nitrogens with two attached hydrogens (primary N) is 1. The average Bonchev–Trinajstić information content (AvgIpc) is 2.17. The lowest BCUT2D eigenvalue weighted by molar-refractivity contribution is 0.255. The molecule has 0 radical (unpaired) electrons. The third kappa shape index (κ3) is 3.84. The Balaban J connectivity index is 2.43. The van der Waals surface area contributed by atoms with Crippen LogP contribution in [0.3, 0.4) is 0 Å². The number of hydrogen-bond acceptors (Lipinski definition) is 1. The molecular formula is C13H26N2. The van der Waals surface area contributed by atoms with Gasteiger partial charge in [-0.2, -0.15) is 0 Å². The van der Waals surface area contributed by atoms with Gasteiger partial charge in [-0.05, 0) is 51.4 Å². The molecule has 1 saturated carbocycles. The van der Waals surface area contributed by atoms with Crippen LogP contribution in [-0.4, -0.2) is 11.9 Å². The summed E-state index contributed by atoms with van der Waals surface area (Å²) < 4.78 is 0. The van der Waals surface area contributed by atoms with E-state index >= 15 is 0 Å². The van der Waals surface area contributed by atoms with E-state index in [-0.39, 0.29) is 0 Å². The molecule has 0 aliphatic heterocycles. The molecule has 0 spiro atoms. The van der Waals surface area contributed by atoms with E-state index in [9.17, 15) is 0 Å². The van der Waals surface area contributed by atoms with Gasteiger partial charge in [-0.15, -0.1) is 0 Å². The molecule has 0 atom stereocenters. The van der Waals surface area contributed by atoms with E-state index in [4.69, 9.17) is 5.73 Å². The van der Waals surface area contributed by atoms with Crippen molar-refractivity contribution in [3.63, 3.8) is 0 Å². The van der Waals surface area contributed by atoms with E-state index < -0.39 is 0 Å². The molecule has 2 N–H and O–H groups in total. The van der Waals surface area contributed by atoms with Crippen LogP contribution in [0.2, 0.25) is 0 Å². The molecule has 2 nitrogen and oxygen atoms in total. The summed E-state index contributed by atoms with van der Waals surface area (Å²) in [5.41, 5.74) is 6.02. The Kier molecular flexibility index (Phi) is 4.62. The van der Waals surface area contributed by atoms with Crippen LogP contribution >= 0.6 is 0 Å². The molecule has 2 heteroatoms. The monoisotopic (exact) mass is 210 g/mol. The normalized spacial score (nSPS) is 28.8. The zero-order valence-electron chi connectivity index (χ0n) is 10.7. The Morgan fingerprint density at radius 2 is 1.60 bits per heavy atom. The maximum atomic E-state index is 6.02. The molecule has 0 heterocycles. The summed E-state index contributed by atoms with van der Waals surface area (Å²) in [6.07, 6.45) is 5.14. The zero-order valence-corrected chi connectivity index (χ0v) is 10.7. The lowest BCUT2D eigenvalue weighted by Gasteiger charge is -2.30. The lowest BCUT2D eigenvalue weighted by atomic mass is 9.76. The first kappa shape index (κ1) is 12.5. The highest BCUT2D eigenvalue weighted by atomic mass is 14.9. The van der Waals surface area contributed by atoms with Crippen LogP contribution in [0.5, 0.6) is 0 Å². The first-order chi connectivity index (χ1) is 7.00. The van der Waals surface area contributed by atoms with Crippen molar-refractivity contribution in [3.05, 3.63) is 0 Å². The molecular weight excluding hydrogens is 184 g/mol. The van der Waals surface area contributed by atoms with Gasteiger partial charge >= 0.3 is 0 Å². The highest BCUT2D eigenvalue weighted by Crippen LogP contribution is 2.33. The van der Waals surface area contributed by atoms with E-state index in [1.807, 2.05) is 0 Å². The largest absolute Gasteiger partial charge is 0.387 e. The van der Waals surface area contributed by atoms with Crippen molar-refractivity contribution in [1.29, 1.82) is 0 Å². The predicted molar refractivity (Wildman–Crippen MR) is 67.0 cm³/mol. The van der Waals surface area contributed by atoms with E-state index in [0.717, 1.165) is 17.7 Å². The Hall–Kier alpha value is -0.530. The molecule has 0 amide bonds. The number of amidine groups is 1. The number of rotatable bonds is 3. The molecule has 0 bridgehead atoms. The molecule has 0 saturated heterocycles. The second-order valence-corrected chi connectivity index (χ2v) is 5.50. The molecule has 88 valence electrons. The number of hydrogen-bond donors (Lipinski definition) is 1. The fourth-order valence-electron chi connectivity index (χ4n) is 2.49. The SMILES string of the molecule is CC(C)N=C(N)C1CCC(C(C)C)CC1. The van der Waals surface area contributed by atoms with Crippen molar-refractivity contribution in [2.75, 3.05) is 0 Å². The second-order valence-electron chi connectivity index (χ2n) is 5.50. The summed E-state index contributed by atoms with van der Waals surface area (Å²) in [5.74, 6) is 3.19. The van der Waals surface area contributed by atoms with Gasteiger partial charge in [-0.25, -0.2) is 0 Å². The van der Waals surface area contributed by atoms with Crippen LogP contribution in [0.25, 0.3) is 0 Å². The maximum Gasteiger partial charge on any atom is 0.0971 e. The van der Waals surface area contributed by atoms with E-state index in [1.54, 1.807) is 0 Å². The molecule has 1 fully saturated rings. The molecule has 1 rings (SSSR count). The minimum Gasteiger partial charge on any atom is -0.387 e. The summed E-state index contributed by atoms with van der Waals surface area (Å²) >= 11 is 0. The topological polar surface area (TPSA) is 38.4 Å². The first-order valence-corrected chi connectivity index (χ1v) is 6.33. The van der Waals surface area contributed by atoms with Crippen molar-refractivity contribution in [3.8, 4) is 0 Å². The van der Waals surface area contributed by atoms with Gasteiger partial charge in [0, 0.05) is 12.0 Å². The third-order valence-electron chi connectivity index (χ3n) is 3.54. The van der Waals surface area contributed by atoms with Gasteiger partial charge in [0.1, 0.15) is 0 Å². The van der Waals surface area contributed by atoms with E-state index in [0.29, 0.717) is 12.0 Å². The minimum atomic E-state index is 0.341. The van der Waals surface area contributed by atoms with E-state index in [2.05, 4.69) is 32.7 Å². The van der Waals surface area contributed by atoms with E-state index in [1.165, 1.54) is 25.7 Å². The Labute approximate surface area is 94.3 Å². The molecule has 15 heavy (non-hydrogen) atoms. The highest BCUT2D eigenvalue weighted by Gasteiger charge is 2.25. The standard InChI is InChI=1S/C13H26N2/c1-9(2)11-5-7-12(8-6-11)13(14)15-10(3)4/h9-12H,5-8H2,1-4H3,(H2,14,15). The van der Waals surface area contributed by atoms with Crippen molar-refractivity contribution in [1.82, 2.24) is 0 Å². The van der Waals surface area contributed by atoms with Crippen LogP contribution in [0, 0.1) is 17.8 Å². The van der Waals surface area contributed by atoms with Gasteiger partial charge in [0.15, 0.2) is 0 Å². The van der Waals surface area contributed by atoms with Gasteiger partial charge in [0.05, 0.1) is 5.84 Å². The molecule has 0 aromatic heterocycles. The van der Waals surface area contributed by atoms with Crippen molar-refractivity contribution >= 4 is 5.84 Å². The summed E-state index contributed by atoms with van der Waals surface area (Å²) in [5, 5.41) is 0. The summed E-state index contributed by atoms with van der Waals surface area (Å²) in [6, 6.07) is 0.341. The highest BCUT2D eigenvalue weighted by molar-refractivity contribution is 5.83. The number of aliphatic imine (C=N–C) groups is 1. The molecule has 0 unspecified atom stereocenters. The van der Waals surface area contributed by atoms with Crippen LogP contribution in [-0.2, 0) is 0 Å². The van der Waals surface area contributed by atoms with Gasteiger partial charge in [-0.3, -0.25) is 4.99 Å². The van der Waals surface area contributed by atoms with Crippen LogP contribution in [0.4, 0.5) is 0 Å². The predicted octanol–water partition coefficient (Wildman–Crippen LogP) is 3.21. The second kappa shape index (κ2) is 5.53. The number of nitrogens with zero attached hydrogens (tertiary/aromatic N) is 1. The van der Waals surface area contributed by atoms with Crippen LogP contribution in [0.15, 0.2) is 4.99 Å². The van der Waals surface area contributed by atoms with Crippen molar-refractivity contribution in [2.45, 2.75) is 59.4 Å². The fourth-order valence-corrected chi connectivity index (χ4v) is 2.49. The molecule has 0 aromatic rings. The zero-order chi connectivity index (χ0) is 11.4. The van der Waals surface area contributed by atoms with Gasteiger partial charge < -0.3 is 5.73 Å². The fraction of sp³-hybridized carbons (Fsp3) is 0.923. The van der Waals surface area contributed by atoms with Gasteiger partial charge in [0.25, 0.3) is 0 Å². The maximum absolute atomic E-state index is 6.02. The molecule has 1 aliphatic rings. The average molecular weight is 210 g/mol. The van der Waals surface area contributed by atoms with Gasteiger partial charge in [0.2, 0.25) is 0 Å². The summed E-state index contributed by atoms with van der Waals surface area (Å²) in [6.45, 7) is 8.84. The lowest BCUT2D eigenvalue weighted by Crippen LogP contribution is -2.30. The smallest absolute Gasteiger partial charge is 0.0971 e. The van der Waals surface area contributed by atoms with Gasteiger partial charge in [-0.1, -0.05) is 13.8 Å². The van der Waals surface area contributed by atoms with Crippen LogP contribution < -0.4 is 5.73 Å². The molecule has 0 aromatic carbocycles. The third-order valence-corrected chi connectivity index (χ3v) is 3.54. The molecule has 1 aliphatic carbocycles. The Bertz CT molecular complexity index is 211. The summed E-state index contributed by atoms with van der Waals surface area (Å²) in [4.78, 5) is 4.47. The quantitative estimate of drug-likeness (QED) is 0.564. The van der Waals surface area contributed by atoms with Crippen molar-refractivity contribution in [2.24, 2.45) is 28.5 Å². The Morgan fingerprint density at radius 1 is 1.07 bits per heavy atom.